The van der Waals surface area contributed by atoms with Gasteiger partial charge in [-0.1, -0.05) is 6.07 Å². The van der Waals surface area contributed by atoms with Crippen molar-refractivity contribution in [3.63, 3.8) is 0 Å². The minimum Gasteiger partial charge on any atom is -0.363 e. The number of H-pyrrole nitrogens is 1. The Morgan fingerprint density at radius 1 is 1.27 bits per heavy atom. The minimum atomic E-state index is -0.530. The number of likely N-dealkylation sites (tertiary alicyclic amines) is 1. The van der Waals surface area contributed by atoms with E-state index >= 15 is 0 Å². The average Bonchev–Trinajstić information content (AvgIpc) is 2.62. The molecule has 1 aliphatic rings. The average molecular weight is 360 g/mol. The fourth-order valence-corrected chi connectivity index (χ4v) is 3.80. The van der Waals surface area contributed by atoms with Crippen molar-refractivity contribution in [3.8, 4) is 0 Å². The molecule has 1 fully saturated rings. The molecule has 0 bridgehead atoms. The third kappa shape index (κ3) is 4.39. The molecular formula is C21H26F2N2O. The fraction of sp³-hybridized carbons (Fsp3) is 0.476. The van der Waals surface area contributed by atoms with Crippen molar-refractivity contribution >= 4 is 0 Å². The van der Waals surface area contributed by atoms with E-state index in [0.29, 0.717) is 17.9 Å². The van der Waals surface area contributed by atoms with Crippen molar-refractivity contribution in [1.82, 2.24) is 9.88 Å². The minimum absolute atomic E-state index is 0.110. The van der Waals surface area contributed by atoms with Gasteiger partial charge in [0, 0.05) is 42.2 Å². The summed E-state index contributed by atoms with van der Waals surface area (Å²) in [6.07, 6.45) is 5.53. The van der Waals surface area contributed by atoms with Gasteiger partial charge in [0.15, 0.2) is 5.43 Å². The highest BCUT2D eigenvalue weighted by atomic mass is 19.1. The number of aromatic nitrogens is 1. The van der Waals surface area contributed by atoms with E-state index in [1.807, 2.05) is 13.8 Å². The number of nitrogens with one attached hydrogen (secondary N) is 1. The molecule has 1 N–H and O–H groups in total. The van der Waals surface area contributed by atoms with Crippen LogP contribution in [0.1, 0.15) is 41.6 Å². The number of hydrogen-bond acceptors (Lipinski definition) is 2. The number of pyridine rings is 1. The van der Waals surface area contributed by atoms with E-state index in [4.69, 9.17) is 0 Å². The number of benzene rings is 1. The highest BCUT2D eigenvalue weighted by Gasteiger charge is 2.21. The van der Waals surface area contributed by atoms with Crippen LogP contribution < -0.4 is 5.43 Å². The molecule has 0 amide bonds. The maximum absolute atomic E-state index is 13.8. The first-order valence-electron chi connectivity index (χ1n) is 9.28. The van der Waals surface area contributed by atoms with Crippen molar-refractivity contribution in [2.24, 2.45) is 5.92 Å². The molecule has 3 rings (SSSR count). The number of nitrogens with zero attached hydrogens (tertiary/aromatic N) is 1. The molecule has 1 atom stereocenters. The summed E-state index contributed by atoms with van der Waals surface area (Å²) < 4.78 is 26.8. The van der Waals surface area contributed by atoms with Gasteiger partial charge in [-0.25, -0.2) is 8.78 Å². The van der Waals surface area contributed by atoms with Crippen molar-refractivity contribution < 1.29 is 8.78 Å². The fourth-order valence-electron chi connectivity index (χ4n) is 3.80. The van der Waals surface area contributed by atoms with E-state index in [-0.39, 0.29) is 5.43 Å². The molecule has 0 unspecified atom stereocenters. The Labute approximate surface area is 153 Å². The summed E-state index contributed by atoms with van der Waals surface area (Å²) in [6, 6.07) is 3.83. The van der Waals surface area contributed by atoms with Crippen LogP contribution >= 0.6 is 0 Å². The normalized spacial score (nSPS) is 18.2. The zero-order valence-electron chi connectivity index (χ0n) is 15.4. The van der Waals surface area contributed by atoms with Gasteiger partial charge >= 0.3 is 0 Å². The second kappa shape index (κ2) is 8.12. The Kier molecular flexibility index (Phi) is 5.87. The predicted octanol–water partition coefficient (Wildman–Crippen LogP) is 4.11. The summed E-state index contributed by atoms with van der Waals surface area (Å²) in [5, 5.41) is 0. The van der Waals surface area contributed by atoms with Crippen LogP contribution in [-0.4, -0.2) is 23.0 Å². The van der Waals surface area contributed by atoms with Gasteiger partial charge in [0.25, 0.3) is 0 Å². The first-order chi connectivity index (χ1) is 12.4. The Balaban J connectivity index is 1.59. The summed E-state index contributed by atoms with van der Waals surface area (Å²) in [7, 11) is 0. The highest BCUT2D eigenvalue weighted by Crippen LogP contribution is 2.24. The van der Waals surface area contributed by atoms with Gasteiger partial charge in [0.2, 0.25) is 0 Å². The molecule has 1 aromatic carbocycles. The van der Waals surface area contributed by atoms with Gasteiger partial charge in [0.1, 0.15) is 11.6 Å². The van der Waals surface area contributed by atoms with Crippen LogP contribution in [0.25, 0.3) is 0 Å². The van der Waals surface area contributed by atoms with Crippen molar-refractivity contribution in [3.05, 3.63) is 68.6 Å². The first-order valence-corrected chi connectivity index (χ1v) is 9.28. The lowest BCUT2D eigenvalue weighted by atomic mass is 9.91. The number of aryl methyl sites for hydroxylation is 2. The highest BCUT2D eigenvalue weighted by molar-refractivity contribution is 5.23. The molecule has 3 nitrogen and oxygen atoms in total. The van der Waals surface area contributed by atoms with Crippen LogP contribution in [0.5, 0.6) is 0 Å². The molecule has 2 heterocycles. The molecule has 0 spiro atoms. The van der Waals surface area contributed by atoms with Crippen LogP contribution in [0, 0.1) is 31.4 Å². The molecule has 0 radical (unpaired) electrons. The monoisotopic (exact) mass is 360 g/mol. The lowest BCUT2D eigenvalue weighted by Crippen LogP contribution is -2.36. The largest absolute Gasteiger partial charge is 0.363 e. The second-order valence-corrected chi connectivity index (χ2v) is 7.42. The predicted molar refractivity (Wildman–Crippen MR) is 99.2 cm³/mol. The maximum atomic E-state index is 13.8. The van der Waals surface area contributed by atoms with Crippen molar-refractivity contribution in [2.45, 2.75) is 46.1 Å². The van der Waals surface area contributed by atoms with Gasteiger partial charge in [-0.3, -0.25) is 9.69 Å². The number of rotatable bonds is 5. The molecule has 140 valence electrons. The van der Waals surface area contributed by atoms with Crippen LogP contribution in [-0.2, 0) is 13.0 Å². The van der Waals surface area contributed by atoms with Crippen molar-refractivity contribution in [2.75, 3.05) is 13.1 Å². The number of piperidine rings is 1. The zero-order valence-corrected chi connectivity index (χ0v) is 15.4. The molecular weight excluding hydrogens is 334 g/mol. The topological polar surface area (TPSA) is 36.1 Å². The van der Waals surface area contributed by atoms with Gasteiger partial charge in [0.05, 0.1) is 0 Å². The van der Waals surface area contributed by atoms with E-state index in [9.17, 15) is 13.6 Å². The lowest BCUT2D eigenvalue weighted by Gasteiger charge is -2.33. The summed E-state index contributed by atoms with van der Waals surface area (Å²) >= 11 is 0. The van der Waals surface area contributed by atoms with E-state index < -0.39 is 11.6 Å². The smallest absolute Gasteiger partial charge is 0.187 e. The quantitative estimate of drug-likeness (QED) is 0.871. The Bertz CT molecular complexity index is 831. The summed E-state index contributed by atoms with van der Waals surface area (Å²) in [5.74, 6) is -0.492. The third-order valence-electron chi connectivity index (χ3n) is 5.44. The van der Waals surface area contributed by atoms with Gasteiger partial charge < -0.3 is 4.98 Å². The lowest BCUT2D eigenvalue weighted by molar-refractivity contribution is 0.160. The summed E-state index contributed by atoms with van der Waals surface area (Å²) in [6.45, 7) is 6.39. The van der Waals surface area contributed by atoms with Crippen molar-refractivity contribution in [1.29, 1.82) is 0 Å². The summed E-state index contributed by atoms with van der Waals surface area (Å²) in [5.41, 5.74) is 3.21. The van der Waals surface area contributed by atoms with Crippen LogP contribution in [0.3, 0.4) is 0 Å². The van der Waals surface area contributed by atoms with E-state index in [0.717, 1.165) is 61.8 Å². The Morgan fingerprint density at radius 3 is 2.85 bits per heavy atom. The molecule has 5 heteroatoms. The van der Waals surface area contributed by atoms with Crippen LogP contribution in [0.2, 0.25) is 0 Å². The summed E-state index contributed by atoms with van der Waals surface area (Å²) in [4.78, 5) is 17.7. The molecule has 1 aromatic heterocycles. The van der Waals surface area contributed by atoms with Crippen LogP contribution in [0.4, 0.5) is 8.78 Å². The zero-order chi connectivity index (χ0) is 18.7. The van der Waals surface area contributed by atoms with Gasteiger partial charge in [-0.05, 0) is 63.6 Å². The molecule has 2 aromatic rings. The standard InChI is InChI=1S/C21H26F2N2O/c1-14-11-24-20(15(2)21(14)26)13-25-9-3-4-16(12-25)5-6-17-7-8-18(22)10-19(17)23/h7-8,10-11,16H,3-6,9,12-13H2,1-2H3,(H,24,26)/t16-/m1/s1. The van der Waals surface area contributed by atoms with E-state index in [1.165, 1.54) is 6.07 Å². The number of hydrogen-bond donors (Lipinski definition) is 1. The van der Waals surface area contributed by atoms with E-state index in [2.05, 4.69) is 9.88 Å². The maximum Gasteiger partial charge on any atom is 0.187 e. The molecule has 0 aliphatic carbocycles. The molecule has 0 saturated carbocycles. The molecule has 1 saturated heterocycles. The molecule has 1 aliphatic heterocycles. The molecule has 26 heavy (non-hydrogen) atoms. The van der Waals surface area contributed by atoms with E-state index in [1.54, 1.807) is 12.3 Å². The number of halogens is 2. The van der Waals surface area contributed by atoms with Gasteiger partial charge in [-0.2, -0.15) is 0 Å². The van der Waals surface area contributed by atoms with Gasteiger partial charge in [-0.15, -0.1) is 0 Å². The SMILES string of the molecule is Cc1c[nH]c(CN2CCC[C@H](CCc3ccc(F)cc3F)C2)c(C)c1=O. The number of aromatic amines is 1. The Morgan fingerprint density at radius 2 is 2.08 bits per heavy atom. The first kappa shape index (κ1) is 18.8. The van der Waals surface area contributed by atoms with Crippen LogP contribution in [0.15, 0.2) is 29.2 Å². The Hall–Kier alpha value is -2.01. The second-order valence-electron chi connectivity index (χ2n) is 7.42. The third-order valence-corrected chi connectivity index (χ3v) is 5.44.